The van der Waals surface area contributed by atoms with E-state index in [1.165, 1.54) is 38.4 Å². The summed E-state index contributed by atoms with van der Waals surface area (Å²) in [4.78, 5) is 8.61. The quantitative estimate of drug-likeness (QED) is 0.812. The molecule has 3 rings (SSSR count). The van der Waals surface area contributed by atoms with Gasteiger partial charge in [0.2, 0.25) is 0 Å². The summed E-state index contributed by atoms with van der Waals surface area (Å²) >= 11 is 0. The molecule has 1 aliphatic carbocycles. The Morgan fingerprint density at radius 2 is 2.22 bits per heavy atom. The molecule has 1 atom stereocenters. The van der Waals surface area contributed by atoms with Gasteiger partial charge in [-0.05, 0) is 25.2 Å². The number of ether oxygens (including phenoxy) is 1. The molecule has 0 amide bonds. The fourth-order valence-electron chi connectivity index (χ4n) is 3.48. The number of aliphatic hydroxyl groups is 1. The number of aliphatic hydroxyl groups excluding tert-OH is 1. The number of methoxy groups -OCH3 is 1. The van der Waals surface area contributed by atoms with Gasteiger partial charge in [0, 0.05) is 25.8 Å². The molecule has 0 radical (unpaired) electrons. The van der Waals surface area contributed by atoms with Crippen molar-refractivity contribution in [1.82, 2.24) is 19.6 Å². The van der Waals surface area contributed by atoms with Crippen molar-refractivity contribution in [2.45, 2.75) is 51.2 Å². The monoisotopic (exact) mass is 319 g/mol. The highest BCUT2D eigenvalue weighted by Gasteiger charge is 2.24. The molecule has 7 nitrogen and oxygen atoms in total. The topological polar surface area (TPSA) is 84.6 Å². The molecule has 2 N–H and O–H groups in total. The molecule has 126 valence electrons. The van der Waals surface area contributed by atoms with Gasteiger partial charge in [-0.25, -0.2) is 4.98 Å². The van der Waals surface area contributed by atoms with Crippen molar-refractivity contribution >= 4 is 11.6 Å². The molecule has 0 aliphatic heterocycles. The second-order valence-corrected chi connectivity index (χ2v) is 6.20. The van der Waals surface area contributed by atoms with Crippen LogP contribution in [0.15, 0.2) is 12.4 Å². The van der Waals surface area contributed by atoms with Crippen LogP contribution in [0.4, 0.5) is 5.82 Å². The highest BCUT2D eigenvalue weighted by Crippen LogP contribution is 2.29. The van der Waals surface area contributed by atoms with Crippen LogP contribution >= 0.6 is 0 Å². The van der Waals surface area contributed by atoms with Crippen LogP contribution in [0.1, 0.15) is 44.2 Å². The Morgan fingerprint density at radius 3 is 2.96 bits per heavy atom. The highest BCUT2D eigenvalue weighted by molar-refractivity contribution is 5.45. The fraction of sp³-hybridized carbons (Fsp3) is 0.688. The molecular formula is C16H25N5O2. The van der Waals surface area contributed by atoms with E-state index in [0.717, 1.165) is 17.9 Å². The molecule has 1 fully saturated rings. The van der Waals surface area contributed by atoms with Crippen LogP contribution in [0, 0.1) is 5.92 Å². The molecule has 0 aromatic carbocycles. The van der Waals surface area contributed by atoms with E-state index in [1.54, 1.807) is 11.6 Å². The van der Waals surface area contributed by atoms with E-state index >= 15 is 0 Å². The Balaban J connectivity index is 1.85. The van der Waals surface area contributed by atoms with E-state index in [1.807, 2.05) is 6.07 Å². The molecule has 1 aliphatic rings. The minimum Gasteiger partial charge on any atom is -0.396 e. The second kappa shape index (κ2) is 7.70. The Kier molecular flexibility index (Phi) is 5.40. The van der Waals surface area contributed by atoms with Crippen molar-refractivity contribution in [3.05, 3.63) is 18.1 Å². The maximum atomic E-state index is 9.45. The van der Waals surface area contributed by atoms with E-state index in [0.29, 0.717) is 18.3 Å². The lowest BCUT2D eigenvalue weighted by Gasteiger charge is -2.31. The van der Waals surface area contributed by atoms with Crippen molar-refractivity contribution in [1.29, 1.82) is 0 Å². The van der Waals surface area contributed by atoms with Gasteiger partial charge in [-0.15, -0.1) is 0 Å². The average molecular weight is 319 g/mol. The molecule has 0 bridgehead atoms. The van der Waals surface area contributed by atoms with Gasteiger partial charge in [-0.1, -0.05) is 19.3 Å². The normalized spacial score (nSPS) is 17.5. The number of nitrogens with one attached hydrogen (secondary N) is 1. The van der Waals surface area contributed by atoms with Crippen LogP contribution in [0.2, 0.25) is 0 Å². The van der Waals surface area contributed by atoms with Gasteiger partial charge >= 0.3 is 0 Å². The zero-order chi connectivity index (χ0) is 16.1. The Labute approximate surface area is 136 Å². The fourth-order valence-corrected chi connectivity index (χ4v) is 3.48. The van der Waals surface area contributed by atoms with Crippen LogP contribution in [0.5, 0.6) is 0 Å². The van der Waals surface area contributed by atoms with Gasteiger partial charge in [0.1, 0.15) is 12.1 Å². The minimum absolute atomic E-state index is 0.185. The van der Waals surface area contributed by atoms with E-state index in [4.69, 9.17) is 4.74 Å². The molecule has 23 heavy (non-hydrogen) atoms. The van der Waals surface area contributed by atoms with Gasteiger partial charge in [0.05, 0.1) is 12.3 Å². The molecule has 2 aromatic rings. The van der Waals surface area contributed by atoms with Crippen LogP contribution in [0.25, 0.3) is 5.78 Å². The van der Waals surface area contributed by atoms with Gasteiger partial charge in [0.25, 0.3) is 5.78 Å². The summed E-state index contributed by atoms with van der Waals surface area (Å²) in [6.07, 6.45) is 8.55. The summed E-state index contributed by atoms with van der Waals surface area (Å²) in [6, 6.07) is 2.20. The van der Waals surface area contributed by atoms with Crippen LogP contribution in [-0.2, 0) is 11.3 Å². The van der Waals surface area contributed by atoms with E-state index in [2.05, 4.69) is 20.4 Å². The Bertz CT molecular complexity index is 624. The van der Waals surface area contributed by atoms with Gasteiger partial charge < -0.3 is 15.2 Å². The number of hydrogen-bond donors (Lipinski definition) is 2. The molecule has 1 saturated carbocycles. The molecule has 7 heteroatoms. The summed E-state index contributed by atoms with van der Waals surface area (Å²) in [6.45, 7) is 0.622. The summed E-state index contributed by atoms with van der Waals surface area (Å²) in [5.41, 5.74) is 0.821. The third kappa shape index (κ3) is 3.79. The van der Waals surface area contributed by atoms with Crippen molar-refractivity contribution in [3.8, 4) is 0 Å². The highest BCUT2D eigenvalue weighted by atomic mass is 16.5. The van der Waals surface area contributed by atoms with Crippen molar-refractivity contribution in [3.63, 3.8) is 0 Å². The van der Waals surface area contributed by atoms with Gasteiger partial charge in [-0.2, -0.15) is 14.6 Å². The number of rotatable bonds is 7. The lowest BCUT2D eigenvalue weighted by Crippen LogP contribution is -2.32. The average Bonchev–Trinajstić information content (AvgIpc) is 3.04. The summed E-state index contributed by atoms with van der Waals surface area (Å²) in [5.74, 6) is 2.02. The Hall–Kier alpha value is -1.73. The molecule has 1 unspecified atom stereocenters. The first kappa shape index (κ1) is 16.1. The molecule has 2 heterocycles. The van der Waals surface area contributed by atoms with Crippen LogP contribution < -0.4 is 5.32 Å². The lowest BCUT2D eigenvalue weighted by atomic mass is 9.83. The van der Waals surface area contributed by atoms with Crippen LogP contribution in [-0.4, -0.2) is 44.4 Å². The van der Waals surface area contributed by atoms with Gasteiger partial charge in [0.15, 0.2) is 0 Å². The largest absolute Gasteiger partial charge is 0.396 e. The maximum absolute atomic E-state index is 9.45. The SMILES string of the molecule is COCc1cc(NC(CCO)C2CCCCC2)n2ncnc2n1. The molecule has 0 saturated heterocycles. The number of anilines is 1. The first-order valence-electron chi connectivity index (χ1n) is 8.38. The number of aromatic nitrogens is 4. The lowest BCUT2D eigenvalue weighted by molar-refractivity contribution is 0.181. The first-order valence-corrected chi connectivity index (χ1v) is 8.38. The standard InChI is InChI=1S/C16H25N5O2/c1-23-10-13-9-15(21-16(19-13)17-11-18-21)20-14(7-8-22)12-5-3-2-4-6-12/h9,11-12,14,20,22H,2-8,10H2,1H3. The smallest absolute Gasteiger partial charge is 0.254 e. The zero-order valence-electron chi connectivity index (χ0n) is 13.6. The second-order valence-electron chi connectivity index (χ2n) is 6.20. The van der Waals surface area contributed by atoms with Crippen LogP contribution in [0.3, 0.4) is 0 Å². The molecule has 0 spiro atoms. The van der Waals surface area contributed by atoms with E-state index < -0.39 is 0 Å². The maximum Gasteiger partial charge on any atom is 0.254 e. The van der Waals surface area contributed by atoms with Gasteiger partial charge in [-0.3, -0.25) is 0 Å². The van der Waals surface area contributed by atoms with E-state index in [9.17, 15) is 5.11 Å². The van der Waals surface area contributed by atoms with Crippen molar-refractivity contribution in [2.24, 2.45) is 5.92 Å². The third-order valence-electron chi connectivity index (χ3n) is 4.59. The number of fused-ring (bicyclic) bond motifs is 1. The number of nitrogens with zero attached hydrogens (tertiary/aromatic N) is 4. The molecular weight excluding hydrogens is 294 g/mol. The van der Waals surface area contributed by atoms with E-state index in [-0.39, 0.29) is 12.6 Å². The minimum atomic E-state index is 0.185. The third-order valence-corrected chi connectivity index (χ3v) is 4.59. The molecule has 2 aromatic heterocycles. The first-order chi connectivity index (χ1) is 11.3. The van der Waals surface area contributed by atoms with Crippen molar-refractivity contribution < 1.29 is 9.84 Å². The number of hydrogen-bond acceptors (Lipinski definition) is 6. The summed E-state index contributed by atoms with van der Waals surface area (Å²) in [7, 11) is 1.65. The summed E-state index contributed by atoms with van der Waals surface area (Å²) < 4.78 is 6.90. The predicted molar refractivity (Wildman–Crippen MR) is 87.2 cm³/mol. The predicted octanol–water partition coefficient (Wildman–Crippen LogP) is 2.01. The Morgan fingerprint density at radius 1 is 1.39 bits per heavy atom. The summed E-state index contributed by atoms with van der Waals surface area (Å²) in [5, 5.41) is 17.3. The zero-order valence-corrected chi connectivity index (χ0v) is 13.6. The van der Waals surface area contributed by atoms with Crippen molar-refractivity contribution in [2.75, 3.05) is 19.0 Å².